The molecule has 0 saturated heterocycles. The Bertz CT molecular complexity index is 1430. The van der Waals surface area contributed by atoms with Crippen molar-refractivity contribution in [1.82, 2.24) is 4.98 Å². The van der Waals surface area contributed by atoms with Crippen LogP contribution in [0.2, 0.25) is 0 Å². The molecular formula is C30H24N2O. The Morgan fingerprint density at radius 1 is 0.758 bits per heavy atom. The van der Waals surface area contributed by atoms with Crippen LogP contribution in [-0.4, -0.2) is 10.8 Å². The van der Waals surface area contributed by atoms with Gasteiger partial charge in [0.1, 0.15) is 0 Å². The quantitative estimate of drug-likeness (QED) is 0.217. The van der Waals surface area contributed by atoms with E-state index in [4.69, 9.17) is 0 Å². The summed E-state index contributed by atoms with van der Waals surface area (Å²) in [7, 11) is 0. The number of fused-ring (bicyclic) bond motifs is 1. The summed E-state index contributed by atoms with van der Waals surface area (Å²) >= 11 is 0. The molecule has 33 heavy (non-hydrogen) atoms. The molecule has 0 aliphatic carbocycles. The molecule has 0 aliphatic rings. The highest BCUT2D eigenvalue weighted by atomic mass is 16.1. The zero-order valence-electron chi connectivity index (χ0n) is 18.4. The summed E-state index contributed by atoms with van der Waals surface area (Å²) in [5, 5.41) is 4.68. The molecule has 3 heteroatoms. The Labute approximate surface area is 193 Å². The number of anilines is 1. The molecule has 5 rings (SSSR count). The number of H-pyrrole nitrogens is 1. The topological polar surface area (TPSA) is 44.9 Å². The molecule has 0 saturated carbocycles. The van der Waals surface area contributed by atoms with Gasteiger partial charge in [0, 0.05) is 39.6 Å². The third kappa shape index (κ3) is 4.48. The summed E-state index contributed by atoms with van der Waals surface area (Å²) in [6.07, 6.45) is 1.68. The molecule has 1 aromatic heterocycles. The minimum Gasteiger partial charge on any atom is -0.355 e. The molecule has 0 atom stereocenters. The van der Waals surface area contributed by atoms with Crippen LogP contribution in [0.4, 0.5) is 5.69 Å². The lowest BCUT2D eigenvalue weighted by molar-refractivity contribution is 0.104. The molecular weight excluding hydrogens is 404 g/mol. The van der Waals surface area contributed by atoms with Crippen LogP contribution in [0.5, 0.6) is 0 Å². The number of hydrogen-bond donors (Lipinski definition) is 2. The number of carbonyl (C=O) groups excluding carboxylic acids is 1. The van der Waals surface area contributed by atoms with Gasteiger partial charge in [-0.2, -0.15) is 0 Å². The molecule has 0 unspecified atom stereocenters. The van der Waals surface area contributed by atoms with Crippen LogP contribution in [0.3, 0.4) is 0 Å². The Morgan fingerprint density at radius 2 is 1.36 bits per heavy atom. The van der Waals surface area contributed by atoms with Crippen molar-refractivity contribution in [1.29, 1.82) is 0 Å². The average molecular weight is 429 g/mol. The van der Waals surface area contributed by atoms with Gasteiger partial charge < -0.3 is 10.3 Å². The van der Waals surface area contributed by atoms with Gasteiger partial charge >= 0.3 is 0 Å². The number of hydrogen-bond acceptors (Lipinski definition) is 2. The van der Waals surface area contributed by atoms with Crippen molar-refractivity contribution < 1.29 is 4.79 Å². The van der Waals surface area contributed by atoms with Crippen LogP contribution >= 0.6 is 0 Å². The third-order valence-corrected chi connectivity index (χ3v) is 5.74. The second-order valence-electron chi connectivity index (χ2n) is 8.08. The lowest BCUT2D eigenvalue weighted by Gasteiger charge is -2.14. The lowest BCUT2D eigenvalue weighted by atomic mass is 10.1. The van der Waals surface area contributed by atoms with Gasteiger partial charge in [-0.15, -0.1) is 0 Å². The van der Waals surface area contributed by atoms with Gasteiger partial charge in [-0.1, -0.05) is 91.0 Å². The zero-order chi connectivity index (χ0) is 22.6. The largest absolute Gasteiger partial charge is 0.355 e. The highest BCUT2D eigenvalue weighted by Gasteiger charge is 2.11. The minimum absolute atomic E-state index is 0.0353. The van der Waals surface area contributed by atoms with E-state index in [0.717, 1.165) is 44.7 Å². The fraction of sp³-hybridized carbons (Fsp3) is 0.0333. The van der Waals surface area contributed by atoms with Gasteiger partial charge in [0.25, 0.3) is 0 Å². The van der Waals surface area contributed by atoms with Crippen LogP contribution in [0, 0.1) is 6.92 Å². The van der Waals surface area contributed by atoms with Gasteiger partial charge in [0.05, 0.1) is 0 Å². The molecule has 1 heterocycles. The number of aromatic nitrogens is 1. The predicted molar refractivity (Wildman–Crippen MR) is 137 cm³/mol. The third-order valence-electron chi connectivity index (χ3n) is 5.74. The maximum absolute atomic E-state index is 13.0. The second-order valence-corrected chi connectivity index (χ2v) is 8.08. The van der Waals surface area contributed by atoms with E-state index in [0.29, 0.717) is 5.56 Å². The monoisotopic (exact) mass is 428 g/mol. The van der Waals surface area contributed by atoms with E-state index in [1.54, 1.807) is 6.08 Å². The van der Waals surface area contributed by atoms with Crippen molar-refractivity contribution in [3.63, 3.8) is 0 Å². The molecule has 160 valence electrons. The summed E-state index contributed by atoms with van der Waals surface area (Å²) in [4.78, 5) is 16.5. The second kappa shape index (κ2) is 9.01. The Hall–Kier alpha value is -4.37. The first kappa shape index (κ1) is 20.5. The maximum atomic E-state index is 13.0. The van der Waals surface area contributed by atoms with Gasteiger partial charge in [0.2, 0.25) is 0 Å². The van der Waals surface area contributed by atoms with Crippen LogP contribution < -0.4 is 5.32 Å². The first-order valence-electron chi connectivity index (χ1n) is 11.0. The van der Waals surface area contributed by atoms with E-state index >= 15 is 0 Å². The molecule has 0 fully saturated rings. The molecule has 0 radical (unpaired) electrons. The standard InChI is InChI=1S/C30H24N2O/c1-21-17-25-18-27(22-11-5-2-6-12-22)32-28(25)19-26(21)31-29(23-13-7-3-8-14-23)20-30(33)24-15-9-4-10-16-24/h2-20,31-32H,1H3/b29-20+. The van der Waals surface area contributed by atoms with E-state index in [-0.39, 0.29) is 5.78 Å². The van der Waals surface area contributed by atoms with Crippen LogP contribution in [0.1, 0.15) is 21.5 Å². The Kier molecular flexibility index (Phi) is 5.61. The predicted octanol–water partition coefficient (Wildman–Crippen LogP) is 7.48. The highest BCUT2D eigenvalue weighted by Crippen LogP contribution is 2.30. The summed E-state index contributed by atoms with van der Waals surface area (Å²) < 4.78 is 0. The van der Waals surface area contributed by atoms with Gasteiger partial charge in [-0.3, -0.25) is 4.79 Å². The van der Waals surface area contributed by atoms with E-state index in [1.165, 1.54) is 0 Å². The summed E-state index contributed by atoms with van der Waals surface area (Å²) in [6.45, 7) is 2.08. The SMILES string of the molecule is Cc1cc2cc(-c3ccccc3)[nH]c2cc1N/C(=C/C(=O)c1ccccc1)c1ccccc1. The van der Waals surface area contributed by atoms with Crippen molar-refractivity contribution in [2.75, 3.05) is 5.32 Å². The fourth-order valence-corrected chi connectivity index (χ4v) is 3.97. The van der Waals surface area contributed by atoms with Crippen molar-refractivity contribution in [3.05, 3.63) is 132 Å². The molecule has 3 nitrogen and oxygen atoms in total. The first-order valence-corrected chi connectivity index (χ1v) is 11.0. The molecule has 0 aliphatic heterocycles. The smallest absolute Gasteiger partial charge is 0.187 e. The number of nitrogens with one attached hydrogen (secondary N) is 2. The summed E-state index contributed by atoms with van der Waals surface area (Å²) in [5.74, 6) is -0.0353. The van der Waals surface area contributed by atoms with Gasteiger partial charge in [0.15, 0.2) is 5.78 Å². The van der Waals surface area contributed by atoms with Crippen molar-refractivity contribution in [2.24, 2.45) is 0 Å². The molecule has 4 aromatic carbocycles. The van der Waals surface area contributed by atoms with E-state index < -0.39 is 0 Å². The zero-order valence-corrected chi connectivity index (χ0v) is 18.4. The molecule has 0 amide bonds. The average Bonchev–Trinajstić information content (AvgIpc) is 3.28. The van der Waals surface area contributed by atoms with Crippen LogP contribution in [0.25, 0.3) is 27.9 Å². The van der Waals surface area contributed by atoms with Crippen molar-refractivity contribution in [3.8, 4) is 11.3 Å². The molecule has 0 bridgehead atoms. The van der Waals surface area contributed by atoms with Crippen LogP contribution in [-0.2, 0) is 0 Å². The van der Waals surface area contributed by atoms with Gasteiger partial charge in [-0.25, -0.2) is 0 Å². The number of ketones is 1. The number of rotatable bonds is 6. The Morgan fingerprint density at radius 3 is 2.03 bits per heavy atom. The fourth-order valence-electron chi connectivity index (χ4n) is 3.97. The number of aromatic amines is 1. The molecule has 5 aromatic rings. The minimum atomic E-state index is -0.0353. The number of carbonyl (C=O) groups is 1. The normalized spacial score (nSPS) is 11.5. The summed E-state index contributed by atoms with van der Waals surface area (Å²) in [6, 6.07) is 36.0. The molecule has 0 spiro atoms. The highest BCUT2D eigenvalue weighted by molar-refractivity contribution is 6.09. The van der Waals surface area contributed by atoms with E-state index in [9.17, 15) is 4.79 Å². The maximum Gasteiger partial charge on any atom is 0.187 e. The first-order chi connectivity index (χ1) is 16.2. The van der Waals surface area contributed by atoms with Crippen LogP contribution in [0.15, 0.2) is 115 Å². The lowest BCUT2D eigenvalue weighted by Crippen LogP contribution is -2.04. The number of benzene rings is 4. The molecule has 2 N–H and O–H groups in total. The van der Waals surface area contributed by atoms with Crippen molar-refractivity contribution >= 4 is 28.1 Å². The number of aryl methyl sites for hydroxylation is 1. The van der Waals surface area contributed by atoms with Gasteiger partial charge in [-0.05, 0) is 41.8 Å². The summed E-state index contributed by atoms with van der Waals surface area (Å²) in [5.41, 5.74) is 7.73. The van der Waals surface area contributed by atoms with E-state index in [2.05, 4.69) is 47.6 Å². The van der Waals surface area contributed by atoms with Crippen molar-refractivity contribution in [2.45, 2.75) is 6.92 Å². The Balaban J connectivity index is 1.53. The number of allylic oxidation sites excluding steroid dienone is 1. The van der Waals surface area contributed by atoms with E-state index in [1.807, 2.05) is 78.9 Å².